The molecule has 0 spiro atoms. The molecule has 10 nitrogen and oxygen atoms in total. The van der Waals surface area contributed by atoms with E-state index in [-0.39, 0.29) is 35.6 Å². The number of thiazole rings is 1. The number of hydrogen-bond acceptors (Lipinski definition) is 10. The number of hydrogen-bond donors (Lipinski definition) is 3. The highest BCUT2D eigenvalue weighted by Gasteiger charge is 2.25. The van der Waals surface area contributed by atoms with Gasteiger partial charge in [-0.15, -0.1) is 22.7 Å². The molecule has 1 atom stereocenters. The molecule has 0 radical (unpaired) electrons. The zero-order valence-electron chi connectivity index (χ0n) is 17.0. The second-order valence-electron chi connectivity index (χ2n) is 7.37. The number of aromatic nitrogens is 4. The van der Waals surface area contributed by atoms with Gasteiger partial charge in [0.25, 0.3) is 5.56 Å². The average Bonchev–Trinajstić information content (AvgIpc) is 3.44. The van der Waals surface area contributed by atoms with Gasteiger partial charge in [0, 0.05) is 26.5 Å². The summed E-state index contributed by atoms with van der Waals surface area (Å²) in [6, 6.07) is 3.73. The van der Waals surface area contributed by atoms with E-state index < -0.39 is 0 Å². The summed E-state index contributed by atoms with van der Waals surface area (Å²) in [4.78, 5) is 39.7. The summed E-state index contributed by atoms with van der Waals surface area (Å²) in [5.41, 5.74) is 7.78. The van der Waals surface area contributed by atoms with Crippen molar-refractivity contribution in [2.24, 2.45) is 0 Å². The predicted molar refractivity (Wildman–Crippen MR) is 124 cm³/mol. The molecule has 0 saturated heterocycles. The number of nitrogens with one attached hydrogen (secondary N) is 2. The molecule has 0 aromatic carbocycles. The molecule has 1 aliphatic heterocycles. The third-order valence-electron chi connectivity index (χ3n) is 4.89. The lowest BCUT2D eigenvalue weighted by Gasteiger charge is -2.24. The first kappa shape index (κ1) is 20.4. The monoisotopic (exact) mass is 469 g/mol. The molecule has 0 unspecified atom stereocenters. The minimum absolute atomic E-state index is 0.0408. The quantitative estimate of drug-likeness (QED) is 0.404. The second-order valence-corrected chi connectivity index (χ2v) is 9.26. The predicted octanol–water partition coefficient (Wildman–Crippen LogP) is 2.07. The van der Waals surface area contributed by atoms with Crippen LogP contribution >= 0.6 is 22.7 Å². The Kier molecular flexibility index (Phi) is 5.23. The Hall–Kier alpha value is -3.51. The first-order chi connectivity index (χ1) is 15.5. The van der Waals surface area contributed by atoms with Crippen LogP contribution in [-0.4, -0.2) is 38.1 Å². The van der Waals surface area contributed by atoms with E-state index in [1.165, 1.54) is 27.2 Å². The van der Waals surface area contributed by atoms with Gasteiger partial charge in [-0.2, -0.15) is 4.98 Å². The topological polar surface area (TPSA) is 137 Å². The number of ether oxygens (including phenoxy) is 1. The summed E-state index contributed by atoms with van der Waals surface area (Å²) in [6.45, 7) is 2.44. The van der Waals surface area contributed by atoms with Gasteiger partial charge in [0.05, 0.1) is 18.1 Å². The Morgan fingerprint density at radius 1 is 1.41 bits per heavy atom. The van der Waals surface area contributed by atoms with Crippen LogP contribution in [0.3, 0.4) is 0 Å². The molecule has 164 valence electrons. The van der Waals surface area contributed by atoms with Gasteiger partial charge in [-0.1, -0.05) is 0 Å². The number of carbonyl (C=O) groups excluding carboxylic acids is 1. The number of nitrogen functional groups attached to an aromatic ring is 1. The lowest BCUT2D eigenvalue weighted by molar-refractivity contribution is -0.121. The van der Waals surface area contributed by atoms with Crippen molar-refractivity contribution in [1.29, 1.82) is 0 Å². The number of anilines is 2. The lowest BCUT2D eigenvalue weighted by atomic mass is 10.3. The van der Waals surface area contributed by atoms with E-state index in [1.807, 2.05) is 13.0 Å². The Morgan fingerprint density at radius 3 is 3.09 bits per heavy atom. The molecule has 32 heavy (non-hydrogen) atoms. The number of carbonyl (C=O) groups is 1. The number of pyridine rings is 1. The van der Waals surface area contributed by atoms with Gasteiger partial charge >= 0.3 is 0 Å². The molecule has 5 heterocycles. The molecule has 4 aromatic rings. The molecular formula is C20H19N7O3S2. The number of nitrogens with two attached hydrogens (primary N) is 1. The van der Waals surface area contributed by atoms with Gasteiger partial charge < -0.3 is 21.1 Å². The summed E-state index contributed by atoms with van der Waals surface area (Å²) in [5, 5.41) is 8.72. The highest BCUT2D eigenvalue weighted by Crippen LogP contribution is 2.28. The third kappa shape index (κ3) is 3.89. The fourth-order valence-corrected chi connectivity index (χ4v) is 4.95. The van der Waals surface area contributed by atoms with Crippen LogP contribution in [0.15, 0.2) is 34.0 Å². The minimum atomic E-state index is -0.372. The number of rotatable bonds is 5. The van der Waals surface area contributed by atoms with Crippen molar-refractivity contribution in [2.75, 3.05) is 17.7 Å². The van der Waals surface area contributed by atoms with Crippen molar-refractivity contribution in [3.05, 3.63) is 44.5 Å². The molecule has 0 saturated carbocycles. The highest BCUT2D eigenvalue weighted by atomic mass is 32.1. The van der Waals surface area contributed by atoms with Crippen LogP contribution in [0, 0.1) is 0 Å². The molecular weight excluding hydrogens is 450 g/mol. The van der Waals surface area contributed by atoms with Crippen LogP contribution in [-0.2, 0) is 17.9 Å². The van der Waals surface area contributed by atoms with Crippen molar-refractivity contribution in [2.45, 2.75) is 26.1 Å². The molecule has 5 rings (SSSR count). The molecule has 1 aliphatic rings. The molecule has 4 N–H and O–H groups in total. The van der Waals surface area contributed by atoms with E-state index in [1.54, 1.807) is 23.2 Å². The molecule has 4 aromatic heterocycles. The normalized spacial score (nSPS) is 15.1. The van der Waals surface area contributed by atoms with Gasteiger partial charge in [-0.25, -0.2) is 9.97 Å². The first-order valence-electron chi connectivity index (χ1n) is 9.81. The zero-order chi connectivity index (χ0) is 22.2. The fraction of sp³-hybridized carbons (Fsp3) is 0.250. The second kappa shape index (κ2) is 8.20. The maximum absolute atomic E-state index is 13.2. The zero-order valence-corrected chi connectivity index (χ0v) is 18.6. The van der Waals surface area contributed by atoms with Crippen LogP contribution in [0.25, 0.3) is 21.6 Å². The van der Waals surface area contributed by atoms with E-state index in [2.05, 4.69) is 25.6 Å². The van der Waals surface area contributed by atoms with Crippen LogP contribution in [0.5, 0.6) is 5.88 Å². The van der Waals surface area contributed by atoms with Crippen LogP contribution < -0.4 is 26.7 Å². The summed E-state index contributed by atoms with van der Waals surface area (Å²) in [7, 11) is 0. The standard InChI is InChI=1S/C20H19N7O3S2/c1-10-7-30-19-17(25-10)20(29)27(18(26-19)13-8-31-9-24-13)6-16(28)23-5-12-2-11-4-22-15(21)3-14(11)32-12/h2-4,8-10,25H,5-7H2,1H3,(H2,21,22)(H,23,28)/t10-/m1/s1. The lowest BCUT2D eigenvalue weighted by Crippen LogP contribution is -2.38. The number of thiophene rings is 1. The van der Waals surface area contributed by atoms with Crippen molar-refractivity contribution in [3.8, 4) is 17.4 Å². The largest absolute Gasteiger partial charge is 0.474 e. The highest BCUT2D eigenvalue weighted by molar-refractivity contribution is 7.19. The molecule has 0 fully saturated rings. The molecule has 1 amide bonds. The van der Waals surface area contributed by atoms with Crippen LogP contribution in [0.2, 0.25) is 0 Å². The number of amides is 1. The fourth-order valence-electron chi connectivity index (χ4n) is 3.40. The molecule has 0 bridgehead atoms. The molecule has 12 heteroatoms. The van der Waals surface area contributed by atoms with Crippen LogP contribution in [0.4, 0.5) is 11.5 Å². The van der Waals surface area contributed by atoms with Gasteiger partial charge in [-0.3, -0.25) is 14.2 Å². The Labute approximate surface area is 190 Å². The number of fused-ring (bicyclic) bond motifs is 2. The molecule has 0 aliphatic carbocycles. The van der Waals surface area contributed by atoms with E-state index >= 15 is 0 Å². The van der Waals surface area contributed by atoms with Crippen molar-refractivity contribution >= 4 is 50.2 Å². The van der Waals surface area contributed by atoms with Crippen molar-refractivity contribution < 1.29 is 9.53 Å². The van der Waals surface area contributed by atoms with E-state index in [0.29, 0.717) is 30.5 Å². The SMILES string of the molecule is C[C@@H]1COc2nc(-c3cscn3)n(CC(=O)NCc3cc4cnc(N)cc4s3)c(=O)c2N1. The maximum Gasteiger partial charge on any atom is 0.281 e. The smallest absolute Gasteiger partial charge is 0.281 e. The Morgan fingerprint density at radius 2 is 2.28 bits per heavy atom. The van der Waals surface area contributed by atoms with E-state index in [4.69, 9.17) is 10.5 Å². The Bertz CT molecular complexity index is 1360. The van der Waals surface area contributed by atoms with Crippen molar-refractivity contribution in [1.82, 2.24) is 24.8 Å². The van der Waals surface area contributed by atoms with E-state index in [9.17, 15) is 9.59 Å². The summed E-state index contributed by atoms with van der Waals surface area (Å²) < 4.78 is 7.96. The Balaban J connectivity index is 1.40. The maximum atomic E-state index is 13.2. The van der Waals surface area contributed by atoms with Gasteiger partial charge in [0.15, 0.2) is 11.5 Å². The average molecular weight is 470 g/mol. The summed E-state index contributed by atoms with van der Waals surface area (Å²) >= 11 is 2.91. The van der Waals surface area contributed by atoms with Gasteiger partial charge in [-0.05, 0) is 19.1 Å². The van der Waals surface area contributed by atoms with Crippen molar-refractivity contribution in [3.63, 3.8) is 0 Å². The minimum Gasteiger partial charge on any atom is -0.474 e. The van der Waals surface area contributed by atoms with E-state index in [0.717, 1.165) is 15.0 Å². The first-order valence-corrected chi connectivity index (χ1v) is 11.6. The number of nitrogens with zero attached hydrogens (tertiary/aromatic N) is 4. The van der Waals surface area contributed by atoms with Crippen LogP contribution in [0.1, 0.15) is 11.8 Å². The van der Waals surface area contributed by atoms with Gasteiger partial charge in [0.2, 0.25) is 11.8 Å². The summed E-state index contributed by atoms with van der Waals surface area (Å²) in [5.74, 6) is 0.664. The van der Waals surface area contributed by atoms with Gasteiger partial charge in [0.1, 0.15) is 24.7 Å². The summed E-state index contributed by atoms with van der Waals surface area (Å²) in [6.07, 6.45) is 1.71. The third-order valence-corrected chi connectivity index (χ3v) is 6.58.